The number of rotatable bonds is 3. The van der Waals surface area contributed by atoms with Crippen LogP contribution in [0.4, 0.5) is 4.39 Å². The maximum absolute atomic E-state index is 13.1. The predicted molar refractivity (Wildman–Crippen MR) is 64.8 cm³/mol. The van der Waals surface area contributed by atoms with Gasteiger partial charge < -0.3 is 10.2 Å². The number of halogens is 1. The average Bonchev–Trinajstić information content (AvgIpc) is 2.31. The molecule has 0 aliphatic heterocycles. The SMILES string of the molecule is O=C(O)Cc1ccc(O)c(-c2cccc(F)c2)c1. The quantitative estimate of drug-likeness (QED) is 0.875. The molecule has 0 amide bonds. The molecule has 2 rings (SSSR count). The lowest BCUT2D eigenvalue weighted by atomic mass is 10.0. The Morgan fingerprint density at radius 2 is 1.94 bits per heavy atom. The Labute approximate surface area is 103 Å². The molecule has 92 valence electrons. The fourth-order valence-corrected chi connectivity index (χ4v) is 1.76. The van der Waals surface area contributed by atoms with Gasteiger partial charge in [0.15, 0.2) is 0 Å². The summed E-state index contributed by atoms with van der Waals surface area (Å²) in [7, 11) is 0. The minimum Gasteiger partial charge on any atom is -0.507 e. The van der Waals surface area contributed by atoms with Crippen LogP contribution >= 0.6 is 0 Å². The highest BCUT2D eigenvalue weighted by atomic mass is 19.1. The Balaban J connectivity index is 2.46. The highest BCUT2D eigenvalue weighted by Crippen LogP contribution is 2.30. The summed E-state index contributed by atoms with van der Waals surface area (Å²) >= 11 is 0. The molecular weight excluding hydrogens is 235 g/mol. The van der Waals surface area contributed by atoms with Crippen molar-refractivity contribution in [2.24, 2.45) is 0 Å². The molecule has 0 unspecified atom stereocenters. The molecule has 2 aromatic rings. The molecule has 0 aliphatic carbocycles. The molecule has 0 aliphatic rings. The van der Waals surface area contributed by atoms with Crippen LogP contribution in [-0.4, -0.2) is 16.2 Å². The first-order valence-corrected chi connectivity index (χ1v) is 5.36. The molecule has 0 bridgehead atoms. The van der Waals surface area contributed by atoms with E-state index in [-0.39, 0.29) is 12.2 Å². The third-order valence-corrected chi connectivity index (χ3v) is 2.55. The van der Waals surface area contributed by atoms with Crippen molar-refractivity contribution in [3.63, 3.8) is 0 Å². The van der Waals surface area contributed by atoms with Crippen LogP contribution in [0.5, 0.6) is 5.75 Å². The molecule has 0 saturated heterocycles. The van der Waals surface area contributed by atoms with E-state index < -0.39 is 11.8 Å². The Hall–Kier alpha value is -2.36. The van der Waals surface area contributed by atoms with E-state index in [0.29, 0.717) is 16.7 Å². The van der Waals surface area contributed by atoms with Gasteiger partial charge in [0.05, 0.1) is 6.42 Å². The minimum absolute atomic E-state index is 0.00487. The largest absolute Gasteiger partial charge is 0.507 e. The number of phenols is 1. The number of benzene rings is 2. The van der Waals surface area contributed by atoms with Crippen LogP contribution in [0.25, 0.3) is 11.1 Å². The van der Waals surface area contributed by atoms with E-state index in [1.54, 1.807) is 12.1 Å². The minimum atomic E-state index is -0.953. The van der Waals surface area contributed by atoms with Crippen LogP contribution in [-0.2, 0) is 11.2 Å². The van der Waals surface area contributed by atoms with E-state index in [4.69, 9.17) is 5.11 Å². The van der Waals surface area contributed by atoms with Crippen LogP contribution in [0.15, 0.2) is 42.5 Å². The zero-order chi connectivity index (χ0) is 13.1. The Bertz CT molecular complexity index is 593. The number of carboxylic acids is 1. The zero-order valence-corrected chi connectivity index (χ0v) is 9.43. The van der Waals surface area contributed by atoms with Gasteiger partial charge in [0, 0.05) is 5.56 Å². The van der Waals surface area contributed by atoms with Gasteiger partial charge in [-0.3, -0.25) is 4.79 Å². The summed E-state index contributed by atoms with van der Waals surface area (Å²) in [5.74, 6) is -1.36. The molecular formula is C14H11FO3. The van der Waals surface area contributed by atoms with Crippen LogP contribution in [0, 0.1) is 5.82 Å². The lowest BCUT2D eigenvalue weighted by Crippen LogP contribution is -1.99. The summed E-state index contributed by atoms with van der Waals surface area (Å²) in [5.41, 5.74) is 1.49. The monoisotopic (exact) mass is 246 g/mol. The standard InChI is InChI=1S/C14H11FO3/c15-11-3-1-2-10(8-11)12-6-9(7-14(17)18)4-5-13(12)16/h1-6,8,16H,7H2,(H,17,18). The van der Waals surface area contributed by atoms with Crippen molar-refractivity contribution in [3.8, 4) is 16.9 Å². The Morgan fingerprint density at radius 1 is 1.17 bits per heavy atom. The summed E-state index contributed by atoms with van der Waals surface area (Å²) in [6.45, 7) is 0. The third-order valence-electron chi connectivity index (χ3n) is 2.55. The van der Waals surface area contributed by atoms with Crippen molar-refractivity contribution < 1.29 is 19.4 Å². The van der Waals surface area contributed by atoms with E-state index in [2.05, 4.69) is 0 Å². The highest BCUT2D eigenvalue weighted by Gasteiger charge is 2.08. The first-order valence-electron chi connectivity index (χ1n) is 5.36. The molecule has 0 radical (unpaired) electrons. The number of carboxylic acid groups (broad SMARTS) is 1. The van der Waals surface area contributed by atoms with Gasteiger partial charge in [-0.1, -0.05) is 18.2 Å². The van der Waals surface area contributed by atoms with E-state index in [0.717, 1.165) is 0 Å². The molecule has 0 saturated carbocycles. The molecule has 0 heterocycles. The molecule has 2 N–H and O–H groups in total. The highest BCUT2D eigenvalue weighted by molar-refractivity contribution is 5.74. The molecule has 3 nitrogen and oxygen atoms in total. The van der Waals surface area contributed by atoms with E-state index in [1.807, 2.05) is 0 Å². The van der Waals surface area contributed by atoms with Crippen molar-refractivity contribution >= 4 is 5.97 Å². The van der Waals surface area contributed by atoms with Crippen LogP contribution < -0.4 is 0 Å². The van der Waals surface area contributed by atoms with Gasteiger partial charge in [-0.05, 0) is 35.4 Å². The van der Waals surface area contributed by atoms with Gasteiger partial charge in [-0.2, -0.15) is 0 Å². The van der Waals surface area contributed by atoms with Crippen molar-refractivity contribution in [2.75, 3.05) is 0 Å². The normalized spacial score (nSPS) is 10.3. The fourth-order valence-electron chi connectivity index (χ4n) is 1.76. The fraction of sp³-hybridized carbons (Fsp3) is 0.0714. The predicted octanol–water partition coefficient (Wildman–Crippen LogP) is 2.83. The Morgan fingerprint density at radius 3 is 2.61 bits per heavy atom. The Kier molecular flexibility index (Phi) is 3.28. The van der Waals surface area contributed by atoms with Crippen molar-refractivity contribution in [1.29, 1.82) is 0 Å². The van der Waals surface area contributed by atoms with E-state index in [1.165, 1.54) is 30.3 Å². The van der Waals surface area contributed by atoms with E-state index >= 15 is 0 Å². The number of hydrogen-bond acceptors (Lipinski definition) is 2. The number of aliphatic carboxylic acids is 1. The van der Waals surface area contributed by atoms with Crippen molar-refractivity contribution in [2.45, 2.75) is 6.42 Å². The third kappa shape index (κ3) is 2.66. The molecule has 0 fully saturated rings. The van der Waals surface area contributed by atoms with Crippen LogP contribution in [0.3, 0.4) is 0 Å². The lowest BCUT2D eigenvalue weighted by Gasteiger charge is -2.07. The molecule has 0 spiro atoms. The topological polar surface area (TPSA) is 57.5 Å². The number of hydrogen-bond donors (Lipinski definition) is 2. The van der Waals surface area contributed by atoms with Gasteiger partial charge in [0.1, 0.15) is 11.6 Å². The first kappa shape index (κ1) is 12.1. The van der Waals surface area contributed by atoms with Gasteiger partial charge in [0.2, 0.25) is 0 Å². The summed E-state index contributed by atoms with van der Waals surface area (Å²) in [5, 5.41) is 18.5. The van der Waals surface area contributed by atoms with Crippen molar-refractivity contribution in [1.82, 2.24) is 0 Å². The summed E-state index contributed by atoms with van der Waals surface area (Å²) in [6, 6.07) is 10.3. The van der Waals surface area contributed by atoms with Gasteiger partial charge >= 0.3 is 5.97 Å². The summed E-state index contributed by atoms with van der Waals surface area (Å²) < 4.78 is 13.1. The van der Waals surface area contributed by atoms with E-state index in [9.17, 15) is 14.3 Å². The molecule has 2 aromatic carbocycles. The second-order valence-corrected chi connectivity index (χ2v) is 3.93. The number of aromatic hydroxyl groups is 1. The average molecular weight is 246 g/mol. The zero-order valence-electron chi connectivity index (χ0n) is 9.43. The van der Waals surface area contributed by atoms with Crippen LogP contribution in [0.2, 0.25) is 0 Å². The molecule has 4 heteroatoms. The maximum atomic E-state index is 13.1. The second kappa shape index (κ2) is 4.87. The summed E-state index contributed by atoms with van der Waals surface area (Å²) in [6.07, 6.45) is -0.136. The van der Waals surface area contributed by atoms with Gasteiger partial charge in [-0.25, -0.2) is 4.39 Å². The summed E-state index contributed by atoms with van der Waals surface area (Å²) in [4.78, 5) is 10.6. The maximum Gasteiger partial charge on any atom is 0.307 e. The molecule has 0 aromatic heterocycles. The molecule has 18 heavy (non-hydrogen) atoms. The molecule has 0 atom stereocenters. The van der Waals surface area contributed by atoms with Gasteiger partial charge in [-0.15, -0.1) is 0 Å². The van der Waals surface area contributed by atoms with Gasteiger partial charge in [0.25, 0.3) is 0 Å². The smallest absolute Gasteiger partial charge is 0.307 e. The number of carbonyl (C=O) groups is 1. The number of phenolic OH excluding ortho intramolecular Hbond substituents is 1. The van der Waals surface area contributed by atoms with Crippen LogP contribution in [0.1, 0.15) is 5.56 Å². The second-order valence-electron chi connectivity index (χ2n) is 3.93. The van der Waals surface area contributed by atoms with Crippen molar-refractivity contribution in [3.05, 3.63) is 53.8 Å². The lowest BCUT2D eigenvalue weighted by molar-refractivity contribution is -0.136. The first-order chi connectivity index (χ1) is 8.56.